The lowest BCUT2D eigenvalue weighted by molar-refractivity contribution is -0.137. The summed E-state index contributed by atoms with van der Waals surface area (Å²) in [6.45, 7) is 3.44. The number of rotatable bonds is 2. The third kappa shape index (κ3) is 4.77. The van der Waals surface area contributed by atoms with E-state index < -0.39 is 17.7 Å². The number of nitrogens with zero attached hydrogens (tertiary/aromatic N) is 5. The number of benzene rings is 2. The topological polar surface area (TPSA) is 101 Å². The van der Waals surface area contributed by atoms with Crippen LogP contribution < -0.4 is 0 Å². The molecule has 0 saturated heterocycles. The lowest BCUT2D eigenvalue weighted by atomic mass is 9.84. The average Bonchev–Trinajstić information content (AvgIpc) is 3.34. The molecule has 1 unspecified atom stereocenters. The molecule has 0 spiro atoms. The van der Waals surface area contributed by atoms with Gasteiger partial charge in [-0.1, -0.05) is 35.9 Å². The predicted molar refractivity (Wildman–Crippen MR) is 143 cm³/mol. The van der Waals surface area contributed by atoms with Gasteiger partial charge in [-0.2, -0.15) is 0 Å². The van der Waals surface area contributed by atoms with Gasteiger partial charge in [-0.15, -0.1) is 5.10 Å². The van der Waals surface area contributed by atoms with Gasteiger partial charge in [-0.05, 0) is 78.1 Å². The summed E-state index contributed by atoms with van der Waals surface area (Å²) in [5, 5.41) is 18.5. The Bertz CT molecular complexity index is 1600. The molecule has 200 valence electrons. The van der Waals surface area contributed by atoms with Gasteiger partial charge in [0, 0.05) is 31.7 Å². The van der Waals surface area contributed by atoms with Gasteiger partial charge in [0.05, 0.1) is 12.0 Å². The Hall–Kier alpha value is -4.14. The van der Waals surface area contributed by atoms with Gasteiger partial charge in [0.15, 0.2) is 5.65 Å². The SMILES string of the molecule is Cc1c2cnc3c1nnn3CCCCCc1ccc(c(F)c1)C(=O)N1CCc3ccc(cc3C1)C2CC(=O)O. The van der Waals surface area contributed by atoms with E-state index in [0.29, 0.717) is 37.2 Å². The molecule has 0 fully saturated rings. The summed E-state index contributed by atoms with van der Waals surface area (Å²) in [6, 6.07) is 10.9. The molecule has 1 N–H and O–H groups in total. The van der Waals surface area contributed by atoms with Gasteiger partial charge < -0.3 is 10.0 Å². The fourth-order valence-corrected chi connectivity index (χ4v) is 5.92. The maximum absolute atomic E-state index is 15.0. The van der Waals surface area contributed by atoms with E-state index >= 15 is 4.39 Å². The second-order valence-electron chi connectivity index (χ2n) is 10.6. The largest absolute Gasteiger partial charge is 0.481 e. The Labute approximate surface area is 225 Å². The molecular weight excluding hydrogens is 497 g/mol. The second-order valence-corrected chi connectivity index (χ2v) is 10.6. The van der Waals surface area contributed by atoms with Crippen LogP contribution in [0.15, 0.2) is 42.6 Å². The zero-order valence-electron chi connectivity index (χ0n) is 21.9. The standard InChI is InChI=1S/C30H30FN5O3/c1-18-25-16-32-29-28(18)33-34-36(29)11-4-2-3-5-19-6-9-23(26(31)13-19)30(39)35-12-10-20-7-8-21(14-22(20)17-35)24(25)15-27(37)38/h6-9,13-14,16,24H,2-5,10-12,15,17H2,1H3,(H,37,38). The van der Waals surface area contributed by atoms with Gasteiger partial charge in [-0.3, -0.25) is 9.59 Å². The third-order valence-electron chi connectivity index (χ3n) is 8.11. The van der Waals surface area contributed by atoms with Crippen molar-refractivity contribution < 1.29 is 19.1 Å². The van der Waals surface area contributed by atoms with Crippen LogP contribution in [0.4, 0.5) is 4.39 Å². The maximum Gasteiger partial charge on any atom is 0.304 e. The number of aliphatic carboxylic acids is 1. The number of aryl methyl sites for hydroxylation is 3. The first-order chi connectivity index (χ1) is 18.9. The summed E-state index contributed by atoms with van der Waals surface area (Å²) in [4.78, 5) is 31.6. The summed E-state index contributed by atoms with van der Waals surface area (Å²) in [5.74, 6) is -2.17. The predicted octanol–water partition coefficient (Wildman–Crippen LogP) is 4.81. The Balaban J connectivity index is 1.45. The summed E-state index contributed by atoms with van der Waals surface area (Å²) >= 11 is 0. The van der Waals surface area contributed by atoms with Crippen LogP contribution in [-0.2, 0) is 30.7 Å². The van der Waals surface area contributed by atoms with Gasteiger partial charge in [0.1, 0.15) is 11.3 Å². The molecule has 5 aliphatic heterocycles. The van der Waals surface area contributed by atoms with E-state index in [9.17, 15) is 14.7 Å². The molecule has 1 atom stereocenters. The number of hydrogen-bond acceptors (Lipinski definition) is 5. The van der Waals surface area contributed by atoms with E-state index in [2.05, 4.69) is 15.3 Å². The lowest BCUT2D eigenvalue weighted by Gasteiger charge is -2.30. The summed E-state index contributed by atoms with van der Waals surface area (Å²) in [7, 11) is 0. The molecule has 2 aromatic heterocycles. The highest BCUT2D eigenvalue weighted by atomic mass is 19.1. The molecule has 9 heteroatoms. The van der Waals surface area contributed by atoms with Crippen LogP contribution in [0.1, 0.15) is 75.3 Å². The van der Waals surface area contributed by atoms with E-state index in [4.69, 9.17) is 0 Å². The first kappa shape index (κ1) is 25.2. The molecule has 9 bridgehead atoms. The average molecular weight is 528 g/mol. The highest BCUT2D eigenvalue weighted by Crippen LogP contribution is 2.35. The van der Waals surface area contributed by atoms with Crippen LogP contribution in [0.25, 0.3) is 11.2 Å². The molecule has 0 aliphatic carbocycles. The minimum Gasteiger partial charge on any atom is -0.481 e. The van der Waals surface area contributed by atoms with E-state index in [1.807, 2.05) is 31.2 Å². The van der Waals surface area contributed by atoms with Crippen LogP contribution in [-0.4, -0.2) is 48.4 Å². The molecule has 4 aromatic rings. The normalized spacial score (nSPS) is 17.7. The first-order valence-electron chi connectivity index (χ1n) is 13.5. The summed E-state index contributed by atoms with van der Waals surface area (Å²) in [5.41, 5.74) is 6.90. The van der Waals surface area contributed by atoms with Crippen molar-refractivity contribution in [1.82, 2.24) is 24.9 Å². The zero-order valence-corrected chi connectivity index (χ0v) is 21.9. The number of halogens is 1. The molecule has 0 radical (unpaired) electrons. The van der Waals surface area contributed by atoms with Crippen molar-refractivity contribution in [3.05, 3.63) is 87.4 Å². The minimum atomic E-state index is -0.915. The number of amides is 1. The fraction of sp³-hybridized carbons (Fsp3) is 0.367. The molecular formula is C30H30FN5O3. The number of carbonyl (C=O) groups is 2. The van der Waals surface area contributed by atoms with Gasteiger partial charge in [-0.25, -0.2) is 14.1 Å². The van der Waals surface area contributed by atoms with Crippen molar-refractivity contribution in [2.24, 2.45) is 0 Å². The zero-order chi connectivity index (χ0) is 27.1. The molecule has 5 aliphatic rings. The summed E-state index contributed by atoms with van der Waals surface area (Å²) < 4.78 is 16.8. The van der Waals surface area contributed by atoms with Crippen molar-refractivity contribution in [3.8, 4) is 0 Å². The van der Waals surface area contributed by atoms with E-state index in [0.717, 1.165) is 59.1 Å². The Morgan fingerprint density at radius 2 is 1.95 bits per heavy atom. The number of pyridine rings is 1. The molecule has 39 heavy (non-hydrogen) atoms. The lowest BCUT2D eigenvalue weighted by Crippen LogP contribution is -2.36. The van der Waals surface area contributed by atoms with Crippen molar-refractivity contribution in [3.63, 3.8) is 0 Å². The number of carbonyl (C=O) groups excluding carboxylic acids is 1. The Kier molecular flexibility index (Phi) is 6.58. The number of carboxylic acid groups (broad SMARTS) is 1. The first-order valence-corrected chi connectivity index (χ1v) is 13.5. The molecule has 2 aromatic carbocycles. The van der Waals surface area contributed by atoms with Crippen molar-refractivity contribution in [1.29, 1.82) is 0 Å². The Morgan fingerprint density at radius 3 is 2.77 bits per heavy atom. The van der Waals surface area contributed by atoms with Crippen LogP contribution in [0, 0.1) is 12.7 Å². The number of hydrogen-bond donors (Lipinski definition) is 1. The number of aromatic nitrogens is 4. The molecule has 9 rings (SSSR count). The van der Waals surface area contributed by atoms with Gasteiger partial charge in [0.2, 0.25) is 0 Å². The van der Waals surface area contributed by atoms with E-state index in [-0.39, 0.29) is 17.9 Å². The monoisotopic (exact) mass is 527 g/mol. The smallest absolute Gasteiger partial charge is 0.304 e. The molecule has 1 amide bonds. The van der Waals surface area contributed by atoms with Crippen molar-refractivity contribution >= 4 is 23.0 Å². The third-order valence-corrected chi connectivity index (χ3v) is 8.11. The fourth-order valence-electron chi connectivity index (χ4n) is 5.92. The van der Waals surface area contributed by atoms with Crippen LogP contribution in [0.2, 0.25) is 0 Å². The minimum absolute atomic E-state index is 0.0882. The molecule has 8 nitrogen and oxygen atoms in total. The quantitative estimate of drug-likeness (QED) is 0.402. The summed E-state index contributed by atoms with van der Waals surface area (Å²) in [6.07, 6.45) is 5.71. The van der Waals surface area contributed by atoms with Gasteiger partial charge in [0.25, 0.3) is 5.91 Å². The van der Waals surface area contributed by atoms with Crippen LogP contribution in [0.5, 0.6) is 0 Å². The maximum atomic E-state index is 15.0. The molecule has 0 saturated carbocycles. The Morgan fingerprint density at radius 1 is 1.08 bits per heavy atom. The second kappa shape index (κ2) is 10.2. The highest BCUT2D eigenvalue weighted by molar-refractivity contribution is 5.94. The van der Waals surface area contributed by atoms with Gasteiger partial charge >= 0.3 is 5.97 Å². The van der Waals surface area contributed by atoms with Crippen molar-refractivity contribution in [2.45, 2.75) is 64.5 Å². The number of carboxylic acids is 1. The van der Waals surface area contributed by atoms with Crippen LogP contribution >= 0.6 is 0 Å². The van der Waals surface area contributed by atoms with Crippen LogP contribution in [0.3, 0.4) is 0 Å². The van der Waals surface area contributed by atoms with Crippen molar-refractivity contribution in [2.75, 3.05) is 6.54 Å². The highest BCUT2D eigenvalue weighted by Gasteiger charge is 2.27. The van der Waals surface area contributed by atoms with E-state index in [1.54, 1.807) is 21.8 Å². The van der Waals surface area contributed by atoms with E-state index in [1.165, 1.54) is 6.07 Å². The molecule has 7 heterocycles.